The molecule has 25 heavy (non-hydrogen) atoms. The second-order valence-electron chi connectivity index (χ2n) is 5.64. The van der Waals surface area contributed by atoms with Crippen LogP contribution in [-0.4, -0.2) is 53.6 Å². The van der Waals surface area contributed by atoms with Gasteiger partial charge in [0.15, 0.2) is 5.96 Å². The maximum atomic E-state index is 5.36. The van der Waals surface area contributed by atoms with Crippen LogP contribution < -0.4 is 10.6 Å². The Morgan fingerprint density at radius 3 is 2.68 bits per heavy atom. The van der Waals surface area contributed by atoms with Crippen LogP contribution in [0.5, 0.6) is 0 Å². The lowest BCUT2D eigenvalue weighted by Gasteiger charge is -2.13. The predicted octanol–water partition coefficient (Wildman–Crippen LogP) is 2.61. The number of nitrogens with one attached hydrogen (secondary N) is 2. The average molecular weight is 466 g/mol. The van der Waals surface area contributed by atoms with Crippen LogP contribution in [-0.2, 0) is 17.7 Å². The first-order valence-corrected chi connectivity index (χ1v) is 9.28. The van der Waals surface area contributed by atoms with Crippen molar-refractivity contribution in [1.29, 1.82) is 0 Å². The molecule has 0 aliphatic carbocycles. The van der Waals surface area contributed by atoms with Gasteiger partial charge in [-0.15, -0.1) is 34.2 Å². The molecule has 1 heterocycles. The minimum Gasteiger partial charge on any atom is -0.382 e. The van der Waals surface area contributed by atoms with Gasteiger partial charge >= 0.3 is 0 Å². The number of unbranched alkanes of at least 4 members (excludes halogenated alkanes) is 2. The fourth-order valence-corrected chi connectivity index (χ4v) is 2.29. The van der Waals surface area contributed by atoms with E-state index in [2.05, 4.69) is 44.2 Å². The van der Waals surface area contributed by atoms with Crippen molar-refractivity contribution in [1.82, 2.24) is 25.4 Å². The highest BCUT2D eigenvalue weighted by Crippen LogP contribution is 1.95. The molecule has 1 rings (SSSR count). The predicted molar refractivity (Wildman–Crippen MR) is 114 cm³/mol. The van der Waals surface area contributed by atoms with E-state index < -0.39 is 0 Å². The van der Waals surface area contributed by atoms with E-state index in [1.165, 1.54) is 19.3 Å². The number of nitrogens with zero attached hydrogens (tertiary/aromatic N) is 4. The van der Waals surface area contributed by atoms with E-state index in [0.29, 0.717) is 0 Å². The van der Waals surface area contributed by atoms with E-state index in [0.717, 1.165) is 64.0 Å². The Kier molecular flexibility index (Phi) is 16.0. The van der Waals surface area contributed by atoms with Gasteiger partial charge in [-0.3, -0.25) is 4.99 Å². The Labute approximate surface area is 169 Å². The molecule has 146 valence electrons. The highest BCUT2D eigenvalue weighted by Gasteiger charge is 2.02. The standard InChI is InChI=1S/C17H34N6O.HI/c1-4-7-8-10-18-17(19-11-9-14-24-6-3)20-12-13-23-15-21-22-16(23)5-2;/h15H,4-14H2,1-3H3,(H2,18,19,20);1H. The molecule has 1 aromatic heterocycles. The molecule has 0 saturated heterocycles. The van der Waals surface area contributed by atoms with Gasteiger partial charge in [-0.1, -0.05) is 26.7 Å². The number of hydrogen-bond acceptors (Lipinski definition) is 4. The van der Waals surface area contributed by atoms with Gasteiger partial charge in [-0.2, -0.15) is 0 Å². The maximum absolute atomic E-state index is 5.36. The minimum atomic E-state index is 0. The Hall–Kier alpha value is -0.900. The molecule has 0 aromatic carbocycles. The van der Waals surface area contributed by atoms with Crippen LogP contribution in [0.4, 0.5) is 0 Å². The van der Waals surface area contributed by atoms with Gasteiger partial charge in [0.1, 0.15) is 12.2 Å². The molecule has 0 fully saturated rings. The molecule has 0 amide bonds. The second kappa shape index (κ2) is 16.6. The lowest BCUT2D eigenvalue weighted by molar-refractivity contribution is 0.146. The van der Waals surface area contributed by atoms with Crippen molar-refractivity contribution in [2.75, 3.05) is 32.8 Å². The fraction of sp³-hybridized carbons (Fsp3) is 0.824. The van der Waals surface area contributed by atoms with E-state index in [4.69, 9.17) is 4.74 Å². The van der Waals surface area contributed by atoms with Crippen molar-refractivity contribution in [3.8, 4) is 0 Å². The van der Waals surface area contributed by atoms with Gasteiger partial charge in [-0.25, -0.2) is 0 Å². The summed E-state index contributed by atoms with van der Waals surface area (Å²) in [7, 11) is 0. The summed E-state index contributed by atoms with van der Waals surface area (Å²) in [5.74, 6) is 1.90. The van der Waals surface area contributed by atoms with Crippen LogP contribution in [0.3, 0.4) is 0 Å². The third-order valence-corrected chi connectivity index (χ3v) is 3.65. The molecule has 0 atom stereocenters. The highest BCUT2D eigenvalue weighted by atomic mass is 127. The zero-order valence-electron chi connectivity index (χ0n) is 16.0. The summed E-state index contributed by atoms with van der Waals surface area (Å²) >= 11 is 0. The number of ether oxygens (including phenoxy) is 1. The van der Waals surface area contributed by atoms with Crippen LogP contribution >= 0.6 is 24.0 Å². The Bertz CT molecular complexity index is 452. The summed E-state index contributed by atoms with van der Waals surface area (Å²) in [5, 5.41) is 14.9. The first-order valence-electron chi connectivity index (χ1n) is 9.28. The Balaban J connectivity index is 0.00000576. The van der Waals surface area contributed by atoms with E-state index in [-0.39, 0.29) is 24.0 Å². The molecule has 0 unspecified atom stereocenters. The normalized spacial score (nSPS) is 11.2. The number of aromatic nitrogens is 3. The van der Waals surface area contributed by atoms with Gasteiger partial charge in [0.05, 0.1) is 0 Å². The number of guanidine groups is 1. The summed E-state index contributed by atoms with van der Waals surface area (Å²) in [6, 6.07) is 0. The topological polar surface area (TPSA) is 76.4 Å². The molecule has 0 saturated carbocycles. The fourth-order valence-electron chi connectivity index (χ4n) is 2.29. The first-order chi connectivity index (χ1) is 11.8. The van der Waals surface area contributed by atoms with E-state index in [1.807, 2.05) is 6.92 Å². The van der Waals surface area contributed by atoms with Crippen LogP contribution in [0.25, 0.3) is 0 Å². The first kappa shape index (κ1) is 24.1. The minimum absolute atomic E-state index is 0. The Morgan fingerprint density at radius 1 is 1.16 bits per heavy atom. The van der Waals surface area contributed by atoms with Gasteiger partial charge < -0.3 is 19.9 Å². The molecule has 7 nitrogen and oxygen atoms in total. The van der Waals surface area contributed by atoms with Crippen molar-refractivity contribution >= 4 is 29.9 Å². The molecule has 2 N–H and O–H groups in total. The lowest BCUT2D eigenvalue weighted by atomic mass is 10.2. The third kappa shape index (κ3) is 11.4. The number of rotatable bonds is 13. The zero-order chi connectivity index (χ0) is 17.5. The van der Waals surface area contributed by atoms with Crippen molar-refractivity contribution < 1.29 is 4.74 Å². The van der Waals surface area contributed by atoms with Crippen LogP contribution in [0.1, 0.15) is 52.3 Å². The number of halogens is 1. The third-order valence-electron chi connectivity index (χ3n) is 3.65. The zero-order valence-corrected chi connectivity index (χ0v) is 18.3. The smallest absolute Gasteiger partial charge is 0.191 e. The van der Waals surface area contributed by atoms with E-state index in [1.54, 1.807) is 6.33 Å². The van der Waals surface area contributed by atoms with Gasteiger partial charge in [0, 0.05) is 45.8 Å². The molecule has 0 bridgehead atoms. The lowest BCUT2D eigenvalue weighted by Crippen LogP contribution is -2.39. The van der Waals surface area contributed by atoms with Crippen molar-refractivity contribution in [2.45, 2.75) is 59.4 Å². The van der Waals surface area contributed by atoms with Crippen molar-refractivity contribution in [2.24, 2.45) is 4.99 Å². The molecule has 0 aliphatic rings. The van der Waals surface area contributed by atoms with Crippen LogP contribution in [0.15, 0.2) is 11.3 Å². The monoisotopic (exact) mass is 466 g/mol. The number of aryl methyl sites for hydroxylation is 1. The summed E-state index contributed by atoms with van der Waals surface area (Å²) < 4.78 is 7.44. The molecular formula is C17H35IN6O. The van der Waals surface area contributed by atoms with Gasteiger partial charge in [0.2, 0.25) is 0 Å². The van der Waals surface area contributed by atoms with E-state index in [9.17, 15) is 0 Å². The summed E-state index contributed by atoms with van der Waals surface area (Å²) in [6.07, 6.45) is 7.26. The number of aliphatic imine (C=N–C) groups is 1. The Morgan fingerprint density at radius 2 is 1.96 bits per heavy atom. The largest absolute Gasteiger partial charge is 0.382 e. The maximum Gasteiger partial charge on any atom is 0.191 e. The average Bonchev–Trinajstić information content (AvgIpc) is 3.05. The molecule has 1 aromatic rings. The number of hydrogen-bond donors (Lipinski definition) is 2. The van der Waals surface area contributed by atoms with Crippen LogP contribution in [0.2, 0.25) is 0 Å². The molecule has 8 heteroatoms. The second-order valence-corrected chi connectivity index (χ2v) is 5.64. The molecule has 0 spiro atoms. The summed E-state index contributed by atoms with van der Waals surface area (Å²) in [6.45, 7) is 11.2. The van der Waals surface area contributed by atoms with Crippen LogP contribution in [0, 0.1) is 0 Å². The molecule has 0 aliphatic heterocycles. The summed E-state index contributed by atoms with van der Waals surface area (Å²) in [4.78, 5) is 4.63. The highest BCUT2D eigenvalue weighted by molar-refractivity contribution is 14.0. The SMILES string of the molecule is CCCCCNC(=NCCCOCC)NCCn1cnnc1CC.I. The molecule has 0 radical (unpaired) electrons. The van der Waals surface area contributed by atoms with Gasteiger partial charge in [0.25, 0.3) is 0 Å². The molecular weight excluding hydrogens is 431 g/mol. The van der Waals surface area contributed by atoms with Crippen molar-refractivity contribution in [3.05, 3.63) is 12.2 Å². The quantitative estimate of drug-likeness (QED) is 0.202. The van der Waals surface area contributed by atoms with E-state index >= 15 is 0 Å². The summed E-state index contributed by atoms with van der Waals surface area (Å²) in [5.41, 5.74) is 0. The van der Waals surface area contributed by atoms with Crippen molar-refractivity contribution in [3.63, 3.8) is 0 Å². The van der Waals surface area contributed by atoms with Gasteiger partial charge in [-0.05, 0) is 19.8 Å².